The molecule has 0 unspecified atom stereocenters. The standard InChI is InChI=1S/C14H25N3O/c1-4-5-6-17(7-8-18)10-13-12(3)14(15)11(2)9-16-13/h9,18H,4-8,10H2,1-3H3,(H2,15,16). The van der Waals surface area contributed by atoms with Gasteiger partial charge in [-0.3, -0.25) is 9.88 Å². The number of aliphatic hydroxyl groups excluding tert-OH is 1. The normalized spacial score (nSPS) is 11.2. The molecule has 4 nitrogen and oxygen atoms in total. The minimum atomic E-state index is 0.185. The summed E-state index contributed by atoms with van der Waals surface area (Å²) in [7, 11) is 0. The quantitative estimate of drug-likeness (QED) is 0.776. The molecule has 0 aliphatic rings. The zero-order valence-electron chi connectivity index (χ0n) is 11.7. The molecule has 0 saturated heterocycles. The summed E-state index contributed by atoms with van der Waals surface area (Å²) in [4.78, 5) is 6.70. The summed E-state index contributed by atoms with van der Waals surface area (Å²) in [5.74, 6) is 0. The van der Waals surface area contributed by atoms with E-state index in [-0.39, 0.29) is 6.61 Å². The Morgan fingerprint density at radius 3 is 2.67 bits per heavy atom. The number of hydrogen-bond donors (Lipinski definition) is 2. The van der Waals surface area contributed by atoms with E-state index in [1.165, 1.54) is 0 Å². The second kappa shape index (κ2) is 7.34. The number of nitrogens with zero attached hydrogens (tertiary/aromatic N) is 2. The van der Waals surface area contributed by atoms with Crippen LogP contribution in [0.5, 0.6) is 0 Å². The molecule has 1 rings (SSSR count). The molecule has 0 amide bonds. The van der Waals surface area contributed by atoms with Gasteiger partial charge in [-0.05, 0) is 37.9 Å². The number of aromatic nitrogens is 1. The van der Waals surface area contributed by atoms with E-state index in [9.17, 15) is 0 Å². The first-order valence-electron chi connectivity index (χ1n) is 6.63. The van der Waals surface area contributed by atoms with Crippen molar-refractivity contribution >= 4 is 5.69 Å². The van der Waals surface area contributed by atoms with Gasteiger partial charge in [0, 0.05) is 25.0 Å². The number of hydrogen-bond acceptors (Lipinski definition) is 4. The molecule has 0 fully saturated rings. The molecule has 0 radical (unpaired) electrons. The third-order valence-corrected chi connectivity index (χ3v) is 3.29. The van der Waals surface area contributed by atoms with Crippen molar-refractivity contribution in [2.24, 2.45) is 0 Å². The average molecular weight is 251 g/mol. The SMILES string of the molecule is CCCCN(CCO)Cc1ncc(C)c(N)c1C. The molecule has 4 heteroatoms. The predicted molar refractivity (Wildman–Crippen MR) is 75.4 cm³/mol. The van der Waals surface area contributed by atoms with Gasteiger partial charge in [-0.2, -0.15) is 0 Å². The minimum Gasteiger partial charge on any atom is -0.398 e. The molecule has 0 spiro atoms. The maximum Gasteiger partial charge on any atom is 0.0593 e. The summed E-state index contributed by atoms with van der Waals surface area (Å²) >= 11 is 0. The molecule has 0 atom stereocenters. The smallest absolute Gasteiger partial charge is 0.0593 e. The molecule has 1 aromatic heterocycles. The Labute approximate surface area is 110 Å². The fraction of sp³-hybridized carbons (Fsp3) is 0.643. The van der Waals surface area contributed by atoms with Crippen LogP contribution in [0.3, 0.4) is 0 Å². The first-order chi connectivity index (χ1) is 8.60. The maximum absolute atomic E-state index is 9.10. The monoisotopic (exact) mass is 251 g/mol. The first-order valence-corrected chi connectivity index (χ1v) is 6.63. The van der Waals surface area contributed by atoms with Gasteiger partial charge in [-0.25, -0.2) is 0 Å². The fourth-order valence-corrected chi connectivity index (χ4v) is 1.96. The number of pyridine rings is 1. The second-order valence-corrected chi connectivity index (χ2v) is 4.78. The Morgan fingerprint density at radius 1 is 1.33 bits per heavy atom. The van der Waals surface area contributed by atoms with Gasteiger partial charge in [0.2, 0.25) is 0 Å². The van der Waals surface area contributed by atoms with E-state index >= 15 is 0 Å². The van der Waals surface area contributed by atoms with Crippen LogP contribution in [-0.2, 0) is 6.54 Å². The molecular weight excluding hydrogens is 226 g/mol. The molecule has 1 heterocycles. The molecule has 1 aromatic rings. The van der Waals surface area contributed by atoms with Gasteiger partial charge in [0.25, 0.3) is 0 Å². The van der Waals surface area contributed by atoms with Gasteiger partial charge in [-0.15, -0.1) is 0 Å². The fourth-order valence-electron chi connectivity index (χ4n) is 1.96. The lowest BCUT2D eigenvalue weighted by atomic mass is 10.1. The van der Waals surface area contributed by atoms with E-state index in [4.69, 9.17) is 10.8 Å². The molecular formula is C14H25N3O. The zero-order chi connectivity index (χ0) is 13.5. The number of rotatable bonds is 7. The molecule has 0 aliphatic carbocycles. The molecule has 18 heavy (non-hydrogen) atoms. The van der Waals surface area contributed by atoms with E-state index in [0.717, 1.165) is 48.4 Å². The van der Waals surface area contributed by atoms with Gasteiger partial charge < -0.3 is 10.8 Å². The van der Waals surface area contributed by atoms with Crippen LogP contribution < -0.4 is 5.73 Å². The Kier molecular flexibility index (Phi) is 6.09. The van der Waals surface area contributed by atoms with Crippen molar-refractivity contribution in [3.8, 4) is 0 Å². The highest BCUT2D eigenvalue weighted by Gasteiger charge is 2.10. The van der Waals surface area contributed by atoms with Crippen molar-refractivity contribution in [1.29, 1.82) is 0 Å². The Hall–Kier alpha value is -1.13. The van der Waals surface area contributed by atoms with E-state index in [0.29, 0.717) is 6.54 Å². The second-order valence-electron chi connectivity index (χ2n) is 4.78. The highest BCUT2D eigenvalue weighted by Crippen LogP contribution is 2.19. The van der Waals surface area contributed by atoms with Crippen LogP contribution in [0, 0.1) is 13.8 Å². The summed E-state index contributed by atoms with van der Waals surface area (Å²) in [6.07, 6.45) is 4.12. The zero-order valence-corrected chi connectivity index (χ0v) is 11.7. The van der Waals surface area contributed by atoms with Gasteiger partial charge in [0.05, 0.1) is 12.3 Å². The van der Waals surface area contributed by atoms with Gasteiger partial charge in [0.15, 0.2) is 0 Å². The Morgan fingerprint density at radius 2 is 2.06 bits per heavy atom. The molecule has 102 valence electrons. The number of anilines is 1. The largest absolute Gasteiger partial charge is 0.398 e. The van der Waals surface area contributed by atoms with Crippen LogP contribution in [0.4, 0.5) is 5.69 Å². The highest BCUT2D eigenvalue weighted by atomic mass is 16.3. The van der Waals surface area contributed by atoms with Crippen molar-refractivity contribution in [2.45, 2.75) is 40.2 Å². The number of unbranched alkanes of at least 4 members (excludes halogenated alkanes) is 1. The summed E-state index contributed by atoms with van der Waals surface area (Å²) in [6, 6.07) is 0. The van der Waals surface area contributed by atoms with Crippen molar-refractivity contribution in [2.75, 3.05) is 25.4 Å². The highest BCUT2D eigenvalue weighted by molar-refractivity contribution is 5.53. The third-order valence-electron chi connectivity index (χ3n) is 3.29. The summed E-state index contributed by atoms with van der Waals surface area (Å²) < 4.78 is 0. The lowest BCUT2D eigenvalue weighted by Crippen LogP contribution is -2.28. The summed E-state index contributed by atoms with van der Waals surface area (Å²) in [5.41, 5.74) is 9.96. The van der Waals surface area contributed by atoms with Crippen molar-refractivity contribution < 1.29 is 5.11 Å². The summed E-state index contributed by atoms with van der Waals surface area (Å²) in [5, 5.41) is 9.10. The van der Waals surface area contributed by atoms with Gasteiger partial charge in [0.1, 0.15) is 0 Å². The van der Waals surface area contributed by atoms with Gasteiger partial charge >= 0.3 is 0 Å². The van der Waals surface area contributed by atoms with Crippen LogP contribution in [0.15, 0.2) is 6.20 Å². The van der Waals surface area contributed by atoms with Crippen LogP contribution in [0.25, 0.3) is 0 Å². The number of aryl methyl sites for hydroxylation is 1. The number of nitrogen functional groups attached to an aromatic ring is 1. The number of aliphatic hydroxyl groups is 1. The lowest BCUT2D eigenvalue weighted by molar-refractivity contribution is 0.186. The maximum atomic E-state index is 9.10. The Balaban J connectivity index is 2.77. The lowest BCUT2D eigenvalue weighted by Gasteiger charge is -2.22. The van der Waals surface area contributed by atoms with Crippen molar-refractivity contribution in [1.82, 2.24) is 9.88 Å². The Bertz CT molecular complexity index is 380. The molecule has 0 saturated carbocycles. The van der Waals surface area contributed by atoms with Crippen molar-refractivity contribution in [3.05, 3.63) is 23.0 Å². The van der Waals surface area contributed by atoms with Crippen LogP contribution in [0.1, 0.15) is 36.6 Å². The van der Waals surface area contributed by atoms with E-state index in [2.05, 4.69) is 16.8 Å². The van der Waals surface area contributed by atoms with E-state index < -0.39 is 0 Å². The van der Waals surface area contributed by atoms with Crippen LogP contribution in [-0.4, -0.2) is 34.7 Å². The van der Waals surface area contributed by atoms with Crippen LogP contribution in [0.2, 0.25) is 0 Å². The predicted octanol–water partition coefficient (Wildman–Crippen LogP) is 1.88. The first kappa shape index (κ1) is 14.9. The van der Waals surface area contributed by atoms with Crippen LogP contribution >= 0.6 is 0 Å². The molecule has 3 N–H and O–H groups in total. The molecule has 0 aliphatic heterocycles. The molecule has 0 bridgehead atoms. The topological polar surface area (TPSA) is 62.4 Å². The number of nitrogens with two attached hydrogens (primary N) is 1. The minimum absolute atomic E-state index is 0.185. The van der Waals surface area contributed by atoms with Gasteiger partial charge in [-0.1, -0.05) is 13.3 Å². The van der Waals surface area contributed by atoms with E-state index in [1.807, 2.05) is 20.0 Å². The summed E-state index contributed by atoms with van der Waals surface area (Å²) in [6.45, 7) is 8.79. The average Bonchev–Trinajstić information content (AvgIpc) is 2.36. The van der Waals surface area contributed by atoms with E-state index in [1.54, 1.807) is 0 Å². The molecule has 0 aromatic carbocycles. The van der Waals surface area contributed by atoms with Crippen molar-refractivity contribution in [3.63, 3.8) is 0 Å². The third kappa shape index (κ3) is 3.96.